The molecule has 0 saturated carbocycles. The maximum Gasteiger partial charge on any atom is 0.374 e. The molecular weight excluding hydrogens is 232 g/mol. The summed E-state index contributed by atoms with van der Waals surface area (Å²) >= 11 is 0. The zero-order chi connectivity index (χ0) is 12.2. The summed E-state index contributed by atoms with van der Waals surface area (Å²) in [5.41, 5.74) is 2.55. The number of hydrazine groups is 1. The Morgan fingerprint density at radius 2 is 1.88 bits per heavy atom. The third-order valence-corrected chi connectivity index (χ3v) is 2.85. The fourth-order valence-corrected chi connectivity index (χ4v) is 1.63. The standard InChI is InChI=1S/C8H10N4O3S/c1-6-2-4-7(5-3-6)16(14,15)12-11-8(13)10-9/h2-5H,9H2,1H3,(H,10,13). The molecule has 2 amide bonds. The minimum absolute atomic E-state index is 0.0355. The Morgan fingerprint density at radius 1 is 1.31 bits per heavy atom. The van der Waals surface area contributed by atoms with Gasteiger partial charge in [-0.25, -0.2) is 10.6 Å². The zero-order valence-electron chi connectivity index (χ0n) is 8.41. The van der Waals surface area contributed by atoms with E-state index < -0.39 is 16.1 Å². The van der Waals surface area contributed by atoms with E-state index in [2.05, 4.69) is 9.63 Å². The van der Waals surface area contributed by atoms with Crippen molar-refractivity contribution in [2.45, 2.75) is 11.8 Å². The molecule has 0 aliphatic heterocycles. The van der Waals surface area contributed by atoms with Gasteiger partial charge < -0.3 is 0 Å². The summed E-state index contributed by atoms with van der Waals surface area (Å²) in [6, 6.07) is 4.96. The Hall–Kier alpha value is -1.80. The lowest BCUT2D eigenvalue weighted by Crippen LogP contribution is -2.26. The second-order valence-corrected chi connectivity index (χ2v) is 4.50. The number of hydrogen-bond acceptors (Lipinski definition) is 4. The lowest BCUT2D eigenvalue weighted by Gasteiger charge is -1.97. The van der Waals surface area contributed by atoms with Crippen LogP contribution >= 0.6 is 0 Å². The van der Waals surface area contributed by atoms with Crippen LogP contribution in [0.1, 0.15) is 5.56 Å². The lowest BCUT2D eigenvalue weighted by molar-refractivity contribution is 0.248. The van der Waals surface area contributed by atoms with Gasteiger partial charge in [0.15, 0.2) is 0 Å². The lowest BCUT2D eigenvalue weighted by atomic mass is 10.2. The van der Waals surface area contributed by atoms with Crippen LogP contribution < -0.4 is 11.3 Å². The van der Waals surface area contributed by atoms with E-state index >= 15 is 0 Å². The van der Waals surface area contributed by atoms with Crippen LogP contribution in [0.4, 0.5) is 4.79 Å². The fourth-order valence-electron chi connectivity index (χ4n) is 0.877. The number of carbonyl (C=O) groups excluding carboxylic acids is 1. The molecule has 0 bridgehead atoms. The first-order valence-electron chi connectivity index (χ1n) is 4.21. The number of hydrogen-bond donors (Lipinski definition) is 2. The highest BCUT2D eigenvalue weighted by molar-refractivity contribution is 7.90. The summed E-state index contributed by atoms with van der Waals surface area (Å²) in [6.07, 6.45) is 0. The molecule has 0 spiro atoms. The zero-order valence-corrected chi connectivity index (χ0v) is 9.23. The van der Waals surface area contributed by atoms with Gasteiger partial charge in [-0.2, -0.15) is 8.42 Å². The largest absolute Gasteiger partial charge is 0.374 e. The Kier molecular flexibility index (Phi) is 3.69. The second-order valence-electron chi connectivity index (χ2n) is 2.92. The Bertz CT molecular complexity index is 507. The van der Waals surface area contributed by atoms with E-state index in [9.17, 15) is 13.2 Å². The number of amides is 2. The van der Waals surface area contributed by atoms with E-state index in [1.54, 1.807) is 17.6 Å². The summed E-state index contributed by atoms with van der Waals surface area (Å²) in [6.45, 7) is 1.82. The first-order valence-corrected chi connectivity index (χ1v) is 5.65. The van der Waals surface area contributed by atoms with E-state index in [1.165, 1.54) is 12.1 Å². The van der Waals surface area contributed by atoms with Crippen LogP contribution in [0.15, 0.2) is 38.8 Å². The van der Waals surface area contributed by atoms with Gasteiger partial charge in [0.2, 0.25) is 0 Å². The van der Waals surface area contributed by atoms with Crippen LogP contribution in [0.25, 0.3) is 0 Å². The maximum absolute atomic E-state index is 11.5. The molecule has 1 aromatic carbocycles. The summed E-state index contributed by atoms with van der Waals surface area (Å²) in [5.74, 6) is 4.71. The number of nitrogens with one attached hydrogen (secondary N) is 1. The topological polar surface area (TPSA) is 114 Å². The molecular formula is C8H10N4O3S. The van der Waals surface area contributed by atoms with Gasteiger partial charge in [-0.3, -0.25) is 5.43 Å². The molecule has 0 aliphatic rings. The number of sulfonamides is 1. The van der Waals surface area contributed by atoms with Crippen LogP contribution in [0.2, 0.25) is 0 Å². The van der Waals surface area contributed by atoms with Crippen molar-refractivity contribution in [1.82, 2.24) is 5.43 Å². The molecule has 1 aromatic rings. The fraction of sp³-hybridized carbons (Fsp3) is 0.125. The molecule has 1 rings (SSSR count). The first kappa shape index (κ1) is 12.3. The Labute approximate surface area is 92.4 Å². The van der Waals surface area contributed by atoms with Crippen LogP contribution in [-0.2, 0) is 10.0 Å². The molecule has 0 aromatic heterocycles. The van der Waals surface area contributed by atoms with Gasteiger partial charge in [0.05, 0.1) is 4.90 Å². The second kappa shape index (κ2) is 4.81. The summed E-state index contributed by atoms with van der Waals surface area (Å²) in [5, 5.41) is 2.88. The number of rotatable bonds is 2. The number of urea groups is 1. The monoisotopic (exact) mass is 242 g/mol. The smallest absolute Gasteiger partial charge is 0.273 e. The first-order chi connectivity index (χ1) is 7.45. The van der Waals surface area contributed by atoms with Gasteiger partial charge in [-0.05, 0) is 23.6 Å². The van der Waals surface area contributed by atoms with Crippen molar-refractivity contribution in [3.05, 3.63) is 29.8 Å². The molecule has 8 heteroatoms. The highest BCUT2D eigenvalue weighted by Gasteiger charge is 2.12. The van der Waals surface area contributed by atoms with Gasteiger partial charge in [0.1, 0.15) is 0 Å². The van der Waals surface area contributed by atoms with E-state index in [0.29, 0.717) is 0 Å². The third kappa shape index (κ3) is 3.11. The van der Waals surface area contributed by atoms with Crippen LogP contribution in [0.5, 0.6) is 0 Å². The number of nitrogens with zero attached hydrogens (tertiary/aromatic N) is 2. The predicted octanol–water partition coefficient (Wildman–Crippen LogP) is 0.719. The van der Waals surface area contributed by atoms with Crippen molar-refractivity contribution in [3.8, 4) is 0 Å². The van der Waals surface area contributed by atoms with E-state index in [1.807, 2.05) is 6.92 Å². The minimum Gasteiger partial charge on any atom is -0.273 e. The summed E-state index contributed by atoms with van der Waals surface area (Å²) < 4.78 is 25.9. The highest BCUT2D eigenvalue weighted by Crippen LogP contribution is 2.13. The van der Waals surface area contributed by atoms with Crippen molar-refractivity contribution in [3.63, 3.8) is 0 Å². The van der Waals surface area contributed by atoms with Crippen LogP contribution in [0.3, 0.4) is 0 Å². The molecule has 0 aliphatic carbocycles. The van der Waals surface area contributed by atoms with Gasteiger partial charge in [-0.1, -0.05) is 22.8 Å². The quantitative estimate of drug-likeness (QED) is 0.344. The van der Waals surface area contributed by atoms with E-state index in [4.69, 9.17) is 5.84 Å². The van der Waals surface area contributed by atoms with Crippen molar-refractivity contribution in [2.24, 2.45) is 15.5 Å². The van der Waals surface area contributed by atoms with Crippen LogP contribution in [0, 0.1) is 6.92 Å². The van der Waals surface area contributed by atoms with Crippen molar-refractivity contribution in [1.29, 1.82) is 0 Å². The molecule has 0 radical (unpaired) electrons. The average Bonchev–Trinajstić information content (AvgIpc) is 2.26. The Morgan fingerprint density at radius 3 is 2.38 bits per heavy atom. The summed E-state index contributed by atoms with van der Waals surface area (Å²) in [7, 11) is -3.94. The molecule has 86 valence electrons. The van der Waals surface area contributed by atoms with Gasteiger partial charge in [0.25, 0.3) is 10.0 Å². The van der Waals surface area contributed by atoms with Crippen molar-refractivity contribution < 1.29 is 13.2 Å². The average molecular weight is 242 g/mol. The summed E-state index contributed by atoms with van der Waals surface area (Å²) in [4.78, 5) is 10.5. The van der Waals surface area contributed by atoms with E-state index in [0.717, 1.165) is 5.56 Å². The van der Waals surface area contributed by atoms with Gasteiger partial charge in [0, 0.05) is 0 Å². The molecule has 3 N–H and O–H groups in total. The molecule has 7 nitrogen and oxygen atoms in total. The minimum atomic E-state index is -3.94. The number of aryl methyl sites for hydroxylation is 1. The molecule has 0 heterocycles. The molecule has 16 heavy (non-hydrogen) atoms. The SMILES string of the molecule is Cc1ccc(S(=O)(=O)N=NC(=O)NN)cc1. The number of benzene rings is 1. The Balaban J connectivity index is 2.99. The molecule has 0 atom stereocenters. The molecule has 0 unspecified atom stereocenters. The molecule has 0 saturated heterocycles. The van der Waals surface area contributed by atoms with Gasteiger partial charge in [-0.15, -0.1) is 0 Å². The third-order valence-electron chi connectivity index (χ3n) is 1.68. The number of nitrogens with two attached hydrogens (primary N) is 1. The predicted molar refractivity (Wildman–Crippen MR) is 55.9 cm³/mol. The van der Waals surface area contributed by atoms with Gasteiger partial charge >= 0.3 is 6.03 Å². The highest BCUT2D eigenvalue weighted by atomic mass is 32.2. The van der Waals surface area contributed by atoms with Crippen LogP contribution in [-0.4, -0.2) is 14.4 Å². The number of carbonyl (C=O) groups is 1. The normalized spacial score (nSPS) is 11.6. The van der Waals surface area contributed by atoms with Crippen molar-refractivity contribution >= 4 is 16.1 Å². The van der Waals surface area contributed by atoms with Crippen molar-refractivity contribution in [2.75, 3.05) is 0 Å². The van der Waals surface area contributed by atoms with E-state index in [-0.39, 0.29) is 4.90 Å². The molecule has 0 fully saturated rings. The maximum atomic E-state index is 11.5.